The van der Waals surface area contributed by atoms with Crippen LogP contribution in [0.15, 0.2) is 40.9 Å². The SMILES string of the molecule is O=C(CC(F)(F)F)NCc1ccc(/C=C/C(c2cc(Cl)c(Cl)c(Cl)c2)C(F)(F)F)cc1Br. The molecule has 0 aromatic heterocycles. The van der Waals surface area contributed by atoms with Gasteiger partial charge in [-0.15, -0.1) is 0 Å². The van der Waals surface area contributed by atoms with E-state index in [-0.39, 0.29) is 27.2 Å². The van der Waals surface area contributed by atoms with Crippen LogP contribution in [0.2, 0.25) is 15.1 Å². The Labute approximate surface area is 202 Å². The van der Waals surface area contributed by atoms with Crippen LogP contribution in [0.5, 0.6) is 0 Å². The van der Waals surface area contributed by atoms with Crippen molar-refractivity contribution < 1.29 is 31.1 Å². The largest absolute Gasteiger partial charge is 0.399 e. The molecule has 0 saturated heterocycles. The Morgan fingerprint density at radius 2 is 1.62 bits per heavy atom. The molecule has 0 aliphatic carbocycles. The fraction of sp³-hybridized carbons (Fsp3) is 0.250. The topological polar surface area (TPSA) is 29.1 Å². The van der Waals surface area contributed by atoms with E-state index in [0.717, 1.165) is 18.2 Å². The minimum absolute atomic E-state index is 0.0520. The zero-order valence-electron chi connectivity index (χ0n) is 15.7. The van der Waals surface area contributed by atoms with E-state index in [1.807, 2.05) is 0 Å². The number of rotatable bonds is 6. The highest BCUT2D eigenvalue weighted by Crippen LogP contribution is 2.41. The van der Waals surface area contributed by atoms with Crippen molar-refractivity contribution in [3.8, 4) is 0 Å². The van der Waals surface area contributed by atoms with Crippen molar-refractivity contribution in [2.75, 3.05) is 0 Å². The number of halogens is 10. The van der Waals surface area contributed by atoms with Crippen molar-refractivity contribution >= 4 is 62.7 Å². The van der Waals surface area contributed by atoms with Gasteiger partial charge in [-0.2, -0.15) is 26.3 Å². The number of alkyl halides is 6. The van der Waals surface area contributed by atoms with Crippen LogP contribution in [-0.2, 0) is 11.3 Å². The van der Waals surface area contributed by atoms with Crippen LogP contribution in [-0.4, -0.2) is 18.3 Å². The van der Waals surface area contributed by atoms with Crippen LogP contribution in [0.3, 0.4) is 0 Å². The normalized spacial score (nSPS) is 13.4. The van der Waals surface area contributed by atoms with Crippen molar-refractivity contribution in [3.05, 3.63) is 72.6 Å². The summed E-state index contributed by atoms with van der Waals surface area (Å²) in [5.74, 6) is -3.21. The zero-order chi connectivity index (χ0) is 24.3. The van der Waals surface area contributed by atoms with Gasteiger partial charge in [-0.25, -0.2) is 0 Å². The van der Waals surface area contributed by atoms with Gasteiger partial charge in [0.15, 0.2) is 0 Å². The van der Waals surface area contributed by atoms with Gasteiger partial charge in [-0.3, -0.25) is 4.79 Å². The first kappa shape index (κ1) is 26.8. The first-order valence-corrected chi connectivity index (χ1v) is 10.6. The third kappa shape index (κ3) is 7.86. The van der Waals surface area contributed by atoms with E-state index in [2.05, 4.69) is 21.2 Å². The summed E-state index contributed by atoms with van der Waals surface area (Å²) in [6.45, 7) is -0.188. The molecule has 1 atom stereocenters. The van der Waals surface area contributed by atoms with Gasteiger partial charge in [-0.05, 0) is 34.9 Å². The number of carbonyl (C=O) groups excluding carboxylic acids is 1. The van der Waals surface area contributed by atoms with E-state index in [4.69, 9.17) is 34.8 Å². The molecular weight excluding hydrogens is 570 g/mol. The number of nitrogens with one attached hydrogen (secondary N) is 1. The average molecular weight is 584 g/mol. The predicted molar refractivity (Wildman–Crippen MR) is 116 cm³/mol. The third-order valence-electron chi connectivity index (χ3n) is 4.11. The molecule has 2 aromatic rings. The summed E-state index contributed by atoms with van der Waals surface area (Å²) >= 11 is 20.7. The van der Waals surface area contributed by atoms with Crippen LogP contribution >= 0.6 is 50.7 Å². The van der Waals surface area contributed by atoms with Gasteiger partial charge in [0.25, 0.3) is 0 Å². The number of amides is 1. The third-order valence-corrected chi connectivity index (χ3v) is 6.05. The molecule has 0 fully saturated rings. The summed E-state index contributed by atoms with van der Waals surface area (Å²) in [6, 6.07) is 6.57. The van der Waals surface area contributed by atoms with E-state index in [0.29, 0.717) is 15.6 Å². The van der Waals surface area contributed by atoms with Crippen molar-refractivity contribution in [2.45, 2.75) is 31.2 Å². The smallest absolute Gasteiger partial charge is 0.352 e. The highest BCUT2D eigenvalue weighted by Gasteiger charge is 2.39. The second-order valence-electron chi connectivity index (χ2n) is 6.60. The fourth-order valence-electron chi connectivity index (χ4n) is 2.62. The minimum atomic E-state index is -4.64. The maximum Gasteiger partial charge on any atom is 0.399 e. The second kappa shape index (κ2) is 10.7. The molecule has 0 aliphatic heterocycles. The van der Waals surface area contributed by atoms with Crippen LogP contribution < -0.4 is 5.32 Å². The van der Waals surface area contributed by atoms with Crippen molar-refractivity contribution in [3.63, 3.8) is 0 Å². The first-order chi connectivity index (χ1) is 14.7. The van der Waals surface area contributed by atoms with Gasteiger partial charge in [0, 0.05) is 11.0 Å². The van der Waals surface area contributed by atoms with Crippen molar-refractivity contribution in [1.82, 2.24) is 5.32 Å². The van der Waals surface area contributed by atoms with E-state index in [1.165, 1.54) is 24.3 Å². The highest BCUT2D eigenvalue weighted by molar-refractivity contribution is 9.10. The monoisotopic (exact) mass is 581 g/mol. The lowest BCUT2D eigenvalue weighted by atomic mass is 9.97. The zero-order valence-corrected chi connectivity index (χ0v) is 19.6. The molecule has 174 valence electrons. The lowest BCUT2D eigenvalue weighted by Gasteiger charge is -2.18. The molecule has 2 rings (SSSR count). The number of carbonyl (C=O) groups is 1. The average Bonchev–Trinajstić information content (AvgIpc) is 2.63. The maximum absolute atomic E-state index is 13.6. The minimum Gasteiger partial charge on any atom is -0.352 e. The van der Waals surface area contributed by atoms with Gasteiger partial charge in [0.1, 0.15) is 6.42 Å². The van der Waals surface area contributed by atoms with E-state index in [1.54, 1.807) is 0 Å². The van der Waals surface area contributed by atoms with Crippen molar-refractivity contribution in [2.24, 2.45) is 0 Å². The van der Waals surface area contributed by atoms with Crippen LogP contribution in [0, 0.1) is 0 Å². The molecule has 1 unspecified atom stereocenters. The quantitative estimate of drug-likeness (QED) is 0.269. The van der Waals surface area contributed by atoms with E-state index in [9.17, 15) is 31.1 Å². The van der Waals surface area contributed by atoms with Gasteiger partial charge in [-0.1, -0.05) is 75.0 Å². The fourth-order valence-corrected chi connectivity index (χ4v) is 3.77. The van der Waals surface area contributed by atoms with Gasteiger partial charge in [0.2, 0.25) is 5.91 Å². The van der Waals surface area contributed by atoms with Crippen molar-refractivity contribution in [1.29, 1.82) is 0 Å². The molecule has 2 aromatic carbocycles. The number of hydrogen-bond acceptors (Lipinski definition) is 1. The van der Waals surface area contributed by atoms with Gasteiger partial charge < -0.3 is 5.32 Å². The summed E-state index contributed by atoms with van der Waals surface area (Å²) in [5, 5.41) is 1.85. The van der Waals surface area contributed by atoms with Crippen LogP contribution in [0.4, 0.5) is 26.3 Å². The lowest BCUT2D eigenvalue weighted by Crippen LogP contribution is -2.28. The van der Waals surface area contributed by atoms with Gasteiger partial charge >= 0.3 is 12.4 Å². The van der Waals surface area contributed by atoms with Crippen LogP contribution in [0.1, 0.15) is 29.0 Å². The van der Waals surface area contributed by atoms with E-state index >= 15 is 0 Å². The summed E-state index contributed by atoms with van der Waals surface area (Å²) < 4.78 is 77.8. The number of hydrogen-bond donors (Lipinski definition) is 1. The number of allylic oxidation sites excluding steroid dienone is 1. The lowest BCUT2D eigenvalue weighted by molar-refractivity contribution is -0.153. The molecule has 2 nitrogen and oxygen atoms in total. The predicted octanol–water partition coefficient (Wildman–Crippen LogP) is 8.34. The molecule has 12 heteroatoms. The van der Waals surface area contributed by atoms with Crippen LogP contribution in [0.25, 0.3) is 6.08 Å². The standard InChI is InChI=1S/C20H13BrCl3F6NO/c21-14-5-10(1-3-11(14)9-31-17(32)8-19(25,26)27)2-4-13(20(28,29)30)12-6-15(22)18(24)16(23)7-12/h1-7,13H,8-9H2,(H,31,32)/b4-2+. The Balaban J connectivity index is 2.20. The Morgan fingerprint density at radius 1 is 1.03 bits per heavy atom. The molecule has 0 bridgehead atoms. The van der Waals surface area contributed by atoms with Gasteiger partial charge in [0.05, 0.1) is 21.0 Å². The maximum atomic E-state index is 13.6. The molecule has 1 N–H and O–H groups in total. The molecular formula is C20H13BrCl3F6NO. The molecule has 0 saturated carbocycles. The first-order valence-electron chi connectivity index (χ1n) is 8.68. The Bertz CT molecular complexity index is 1000. The van der Waals surface area contributed by atoms with E-state index < -0.39 is 30.6 Å². The Kier molecular flexibility index (Phi) is 8.95. The molecule has 32 heavy (non-hydrogen) atoms. The summed E-state index contributed by atoms with van der Waals surface area (Å²) in [7, 11) is 0. The molecule has 0 aliphatic rings. The Morgan fingerprint density at radius 3 is 2.12 bits per heavy atom. The molecule has 0 spiro atoms. The molecule has 0 radical (unpaired) electrons. The summed E-state index contributed by atoms with van der Waals surface area (Å²) in [4.78, 5) is 11.3. The Hall–Kier alpha value is -1.42. The number of benzene rings is 2. The second-order valence-corrected chi connectivity index (χ2v) is 8.64. The molecule has 0 heterocycles. The summed E-state index contributed by atoms with van der Waals surface area (Å²) in [5.41, 5.74) is 0.625. The molecule has 1 amide bonds. The summed E-state index contributed by atoms with van der Waals surface area (Å²) in [6.07, 6.45) is -8.72. The highest BCUT2D eigenvalue weighted by atomic mass is 79.9.